The van der Waals surface area contributed by atoms with Gasteiger partial charge >= 0.3 is 0 Å². The Hall–Kier alpha value is -1.42. The van der Waals surface area contributed by atoms with Gasteiger partial charge in [-0.15, -0.1) is 0 Å². The number of halogens is 1. The minimum Gasteiger partial charge on any atom is -0.396 e. The summed E-state index contributed by atoms with van der Waals surface area (Å²) in [5.74, 6) is -0.314. The van der Waals surface area contributed by atoms with Crippen molar-refractivity contribution in [1.82, 2.24) is 9.78 Å². The summed E-state index contributed by atoms with van der Waals surface area (Å²) in [5, 5.41) is 14.1. The molecule has 0 aliphatic carbocycles. The lowest BCUT2D eigenvalue weighted by molar-refractivity contribution is 0.276. The van der Waals surface area contributed by atoms with E-state index in [2.05, 4.69) is 11.7 Å². The van der Waals surface area contributed by atoms with Crippen LogP contribution in [-0.2, 0) is 6.54 Å². The standard InChI is InChI=1S/C11H15FN2O.C2H6/c1-3-10(12)7-11-9(2)8-13-14(11)5-4-6-15;1-2/h3,7-8,15H,2,4-6H2,1H3;1-2H3/b10-3+,11-7+;. The van der Waals surface area contributed by atoms with Crippen LogP contribution in [-0.4, -0.2) is 21.5 Å². The average Bonchev–Trinajstić information content (AvgIpc) is 2.70. The summed E-state index contributed by atoms with van der Waals surface area (Å²) in [6.07, 6.45) is 4.96. The first-order valence-electron chi connectivity index (χ1n) is 5.84. The van der Waals surface area contributed by atoms with E-state index < -0.39 is 0 Å². The van der Waals surface area contributed by atoms with Gasteiger partial charge in [0.05, 0.1) is 11.5 Å². The molecule has 0 aromatic carbocycles. The number of hydrogen-bond donors (Lipinski definition) is 1. The highest BCUT2D eigenvalue weighted by molar-refractivity contribution is 5.40. The summed E-state index contributed by atoms with van der Waals surface area (Å²) < 4.78 is 14.7. The molecule has 0 radical (unpaired) electrons. The minimum absolute atomic E-state index is 0.0951. The van der Waals surface area contributed by atoms with Gasteiger partial charge < -0.3 is 5.11 Å². The molecule has 0 atom stereocenters. The second-order valence-corrected chi connectivity index (χ2v) is 3.17. The fraction of sp³-hybridized carbons (Fsp3) is 0.462. The number of allylic oxidation sites excluding steroid dienone is 2. The number of aryl methyl sites for hydroxylation is 1. The molecular formula is C13H21FN2O. The first-order chi connectivity index (χ1) is 8.19. The van der Waals surface area contributed by atoms with Gasteiger partial charge in [0.2, 0.25) is 0 Å². The second kappa shape index (κ2) is 8.70. The van der Waals surface area contributed by atoms with E-state index >= 15 is 0 Å². The van der Waals surface area contributed by atoms with Crippen LogP contribution in [0.4, 0.5) is 4.39 Å². The van der Waals surface area contributed by atoms with E-state index in [0.717, 1.165) is 0 Å². The molecule has 0 spiro atoms. The highest BCUT2D eigenvalue weighted by Crippen LogP contribution is 1.95. The highest BCUT2D eigenvalue weighted by atomic mass is 19.1. The largest absolute Gasteiger partial charge is 0.396 e. The topological polar surface area (TPSA) is 38.0 Å². The van der Waals surface area contributed by atoms with E-state index in [1.54, 1.807) is 17.8 Å². The Morgan fingerprint density at radius 1 is 1.59 bits per heavy atom. The maximum Gasteiger partial charge on any atom is 0.121 e. The number of aromatic nitrogens is 2. The van der Waals surface area contributed by atoms with Crippen molar-refractivity contribution in [2.75, 3.05) is 6.61 Å². The molecule has 3 nitrogen and oxygen atoms in total. The summed E-state index contributed by atoms with van der Waals surface area (Å²) in [5.41, 5.74) is 0. The molecule has 1 N–H and O–H groups in total. The third-order valence-corrected chi connectivity index (χ3v) is 2.04. The monoisotopic (exact) mass is 240 g/mol. The van der Waals surface area contributed by atoms with Crippen molar-refractivity contribution in [3.63, 3.8) is 0 Å². The second-order valence-electron chi connectivity index (χ2n) is 3.17. The summed E-state index contributed by atoms with van der Waals surface area (Å²) in [6.45, 7) is 10.1. The van der Waals surface area contributed by atoms with Crippen LogP contribution < -0.4 is 10.6 Å². The summed E-state index contributed by atoms with van der Waals surface area (Å²) >= 11 is 0. The van der Waals surface area contributed by atoms with E-state index in [1.807, 2.05) is 13.8 Å². The molecule has 1 aromatic heterocycles. The molecule has 0 saturated carbocycles. The van der Waals surface area contributed by atoms with Crippen molar-refractivity contribution >= 4 is 12.7 Å². The maximum atomic E-state index is 13.1. The summed E-state index contributed by atoms with van der Waals surface area (Å²) in [7, 11) is 0. The molecule has 0 amide bonds. The zero-order valence-electron chi connectivity index (χ0n) is 10.8. The van der Waals surface area contributed by atoms with Crippen LogP contribution in [0.5, 0.6) is 0 Å². The Balaban J connectivity index is 0.00000121. The van der Waals surface area contributed by atoms with Crippen LogP contribution in [0.2, 0.25) is 0 Å². The van der Waals surface area contributed by atoms with Gasteiger partial charge in [0.25, 0.3) is 0 Å². The van der Waals surface area contributed by atoms with Crippen LogP contribution in [0, 0.1) is 0 Å². The molecule has 1 aromatic rings. The lowest BCUT2D eigenvalue weighted by atomic mass is 10.3. The van der Waals surface area contributed by atoms with Gasteiger partial charge in [-0.25, -0.2) is 4.39 Å². The van der Waals surface area contributed by atoms with E-state index in [-0.39, 0.29) is 12.4 Å². The first kappa shape index (κ1) is 15.6. The fourth-order valence-corrected chi connectivity index (χ4v) is 1.21. The quantitative estimate of drug-likeness (QED) is 0.863. The van der Waals surface area contributed by atoms with Crippen LogP contribution in [0.1, 0.15) is 27.2 Å². The van der Waals surface area contributed by atoms with Crippen molar-refractivity contribution in [3.8, 4) is 0 Å². The van der Waals surface area contributed by atoms with Crippen molar-refractivity contribution in [2.45, 2.75) is 33.7 Å². The predicted octanol–water partition coefficient (Wildman–Crippen LogP) is 1.36. The molecule has 0 bridgehead atoms. The van der Waals surface area contributed by atoms with Gasteiger partial charge in [-0.2, -0.15) is 5.10 Å². The molecule has 1 heterocycles. The molecule has 0 aliphatic rings. The van der Waals surface area contributed by atoms with Crippen LogP contribution in [0.15, 0.2) is 18.1 Å². The third-order valence-electron chi connectivity index (χ3n) is 2.04. The number of aliphatic hydroxyl groups is 1. The number of hydrogen-bond acceptors (Lipinski definition) is 2. The molecule has 0 saturated heterocycles. The van der Waals surface area contributed by atoms with Crippen molar-refractivity contribution in [2.24, 2.45) is 0 Å². The fourth-order valence-electron chi connectivity index (χ4n) is 1.21. The lowest BCUT2D eigenvalue weighted by Crippen LogP contribution is -2.28. The van der Waals surface area contributed by atoms with Crippen LogP contribution in [0.25, 0.3) is 12.7 Å². The summed E-state index contributed by atoms with van der Waals surface area (Å²) in [6, 6.07) is 0. The smallest absolute Gasteiger partial charge is 0.121 e. The van der Waals surface area contributed by atoms with Crippen LogP contribution >= 0.6 is 0 Å². The Labute approximate surface area is 102 Å². The molecule has 0 fully saturated rings. The third kappa shape index (κ3) is 4.95. The van der Waals surface area contributed by atoms with Gasteiger partial charge in [-0.1, -0.05) is 26.5 Å². The minimum atomic E-state index is -0.314. The normalized spacial score (nSPS) is 12.3. The van der Waals surface area contributed by atoms with Crippen molar-refractivity contribution in [3.05, 3.63) is 28.7 Å². The number of rotatable bonds is 4. The molecule has 4 heteroatoms. The van der Waals surface area contributed by atoms with E-state index in [4.69, 9.17) is 5.11 Å². The lowest BCUT2D eigenvalue weighted by Gasteiger charge is -1.99. The number of nitrogens with zero attached hydrogens (tertiary/aromatic N) is 2. The van der Waals surface area contributed by atoms with Gasteiger partial charge in [0.15, 0.2) is 0 Å². The molecule has 1 rings (SSSR count). The van der Waals surface area contributed by atoms with Gasteiger partial charge in [0.1, 0.15) is 5.83 Å². The SMILES string of the molecule is C=c1cnn(CCCO)/c1=C/C(F)=C\C.CC. The highest BCUT2D eigenvalue weighted by Gasteiger charge is 1.97. The van der Waals surface area contributed by atoms with Gasteiger partial charge in [-0.05, 0) is 19.4 Å². The van der Waals surface area contributed by atoms with E-state index in [9.17, 15) is 4.39 Å². The maximum absolute atomic E-state index is 13.1. The van der Waals surface area contributed by atoms with E-state index in [1.165, 1.54) is 12.2 Å². The first-order valence-corrected chi connectivity index (χ1v) is 5.84. The number of aliphatic hydroxyl groups excluding tert-OH is 1. The van der Waals surface area contributed by atoms with Gasteiger partial charge in [0, 0.05) is 18.4 Å². The Kier molecular flexibility index (Phi) is 7.97. The van der Waals surface area contributed by atoms with Crippen LogP contribution in [0.3, 0.4) is 0 Å². The van der Waals surface area contributed by atoms with Crippen molar-refractivity contribution < 1.29 is 9.50 Å². The zero-order valence-corrected chi connectivity index (χ0v) is 10.8. The summed E-state index contributed by atoms with van der Waals surface area (Å²) in [4.78, 5) is 0. The Morgan fingerprint density at radius 3 is 2.76 bits per heavy atom. The molecule has 0 unspecified atom stereocenters. The molecular weight excluding hydrogens is 219 g/mol. The predicted molar refractivity (Wildman–Crippen MR) is 69.4 cm³/mol. The Bertz CT molecular complexity index is 448. The Morgan fingerprint density at radius 2 is 2.24 bits per heavy atom. The molecule has 0 aliphatic heterocycles. The zero-order chi connectivity index (χ0) is 13.3. The van der Waals surface area contributed by atoms with E-state index in [0.29, 0.717) is 23.5 Å². The average molecular weight is 240 g/mol. The van der Waals surface area contributed by atoms with Crippen molar-refractivity contribution in [1.29, 1.82) is 0 Å². The van der Waals surface area contributed by atoms with Gasteiger partial charge in [-0.3, -0.25) is 4.68 Å². The molecule has 96 valence electrons. The molecule has 17 heavy (non-hydrogen) atoms.